The first-order valence-corrected chi connectivity index (χ1v) is 7.60. The van der Waals surface area contributed by atoms with Crippen LogP contribution in [-0.2, 0) is 0 Å². The summed E-state index contributed by atoms with van der Waals surface area (Å²) in [6.07, 6.45) is 1.77. The SMILES string of the molecule is CC(Cl)C1CCN(C(=O)c2ccc(Br)cc2F)CC1. The highest BCUT2D eigenvalue weighted by molar-refractivity contribution is 9.10. The average molecular weight is 349 g/mol. The fourth-order valence-electron chi connectivity index (χ4n) is 2.40. The van der Waals surface area contributed by atoms with E-state index in [2.05, 4.69) is 15.9 Å². The molecule has 0 spiro atoms. The van der Waals surface area contributed by atoms with Crippen molar-refractivity contribution in [3.05, 3.63) is 34.1 Å². The number of carbonyl (C=O) groups excluding carboxylic acids is 1. The van der Waals surface area contributed by atoms with E-state index in [0.717, 1.165) is 12.8 Å². The summed E-state index contributed by atoms with van der Waals surface area (Å²) >= 11 is 9.26. The van der Waals surface area contributed by atoms with Crippen LogP contribution in [0.1, 0.15) is 30.1 Å². The van der Waals surface area contributed by atoms with E-state index in [-0.39, 0.29) is 16.8 Å². The molecule has 2 nitrogen and oxygen atoms in total. The van der Waals surface area contributed by atoms with Crippen LogP contribution in [0.4, 0.5) is 4.39 Å². The number of carbonyl (C=O) groups is 1. The fourth-order valence-corrected chi connectivity index (χ4v) is 2.98. The third-order valence-electron chi connectivity index (χ3n) is 3.64. The minimum absolute atomic E-state index is 0.127. The number of benzene rings is 1. The number of likely N-dealkylation sites (tertiary alicyclic amines) is 1. The van der Waals surface area contributed by atoms with E-state index in [1.54, 1.807) is 11.0 Å². The molecule has 1 aromatic carbocycles. The Balaban J connectivity index is 2.05. The van der Waals surface area contributed by atoms with Crippen LogP contribution in [0.5, 0.6) is 0 Å². The molecule has 0 aliphatic carbocycles. The maximum atomic E-state index is 13.8. The Hall–Kier alpha value is -0.610. The number of hydrogen-bond acceptors (Lipinski definition) is 1. The van der Waals surface area contributed by atoms with Crippen LogP contribution in [0.15, 0.2) is 22.7 Å². The Labute approximate surface area is 126 Å². The van der Waals surface area contributed by atoms with E-state index >= 15 is 0 Å². The predicted octanol–water partition coefficient (Wildman–Crippen LogP) is 4.07. The van der Waals surface area contributed by atoms with Crippen LogP contribution < -0.4 is 0 Å². The normalized spacial score (nSPS) is 18.4. The second-order valence-electron chi connectivity index (χ2n) is 4.93. The van der Waals surface area contributed by atoms with Gasteiger partial charge in [-0.05, 0) is 43.9 Å². The second kappa shape index (κ2) is 6.23. The molecule has 1 saturated heterocycles. The van der Waals surface area contributed by atoms with E-state index in [9.17, 15) is 9.18 Å². The molecule has 0 bridgehead atoms. The van der Waals surface area contributed by atoms with Crippen molar-refractivity contribution in [2.24, 2.45) is 5.92 Å². The molecular formula is C14H16BrClFNO. The molecule has 19 heavy (non-hydrogen) atoms. The standard InChI is InChI=1S/C14H16BrClFNO/c1-9(16)10-4-6-18(7-5-10)14(19)12-3-2-11(15)8-13(12)17/h2-3,8-10H,4-7H2,1H3. The summed E-state index contributed by atoms with van der Waals surface area (Å²) in [4.78, 5) is 14.0. The van der Waals surface area contributed by atoms with Crippen LogP contribution in [0.3, 0.4) is 0 Å². The molecular weight excluding hydrogens is 333 g/mol. The lowest BCUT2D eigenvalue weighted by Crippen LogP contribution is -2.40. The molecule has 1 aliphatic rings. The van der Waals surface area contributed by atoms with Gasteiger partial charge < -0.3 is 4.90 Å². The second-order valence-corrected chi connectivity index (χ2v) is 6.54. The summed E-state index contributed by atoms with van der Waals surface area (Å²) < 4.78 is 14.4. The van der Waals surface area contributed by atoms with Gasteiger partial charge in [-0.2, -0.15) is 0 Å². The summed E-state index contributed by atoms with van der Waals surface area (Å²) in [5.74, 6) is -0.265. The molecule has 1 atom stereocenters. The van der Waals surface area contributed by atoms with Gasteiger partial charge in [-0.1, -0.05) is 15.9 Å². The first-order chi connectivity index (χ1) is 8.99. The Morgan fingerprint density at radius 1 is 1.47 bits per heavy atom. The van der Waals surface area contributed by atoms with Gasteiger partial charge >= 0.3 is 0 Å². The fraction of sp³-hybridized carbons (Fsp3) is 0.500. The van der Waals surface area contributed by atoms with Crippen molar-refractivity contribution in [2.45, 2.75) is 25.1 Å². The zero-order chi connectivity index (χ0) is 14.0. The Kier molecular flexibility index (Phi) is 4.85. The van der Waals surface area contributed by atoms with Crippen LogP contribution >= 0.6 is 27.5 Å². The maximum Gasteiger partial charge on any atom is 0.256 e. The van der Waals surface area contributed by atoms with E-state index in [1.165, 1.54) is 12.1 Å². The summed E-state index contributed by atoms with van der Waals surface area (Å²) in [5.41, 5.74) is 0.139. The Morgan fingerprint density at radius 2 is 2.11 bits per heavy atom. The van der Waals surface area contributed by atoms with Crippen molar-refractivity contribution < 1.29 is 9.18 Å². The molecule has 1 unspecified atom stereocenters. The summed E-state index contributed by atoms with van der Waals surface area (Å²) in [7, 11) is 0. The lowest BCUT2D eigenvalue weighted by atomic mass is 9.93. The van der Waals surface area contributed by atoms with Crippen molar-refractivity contribution in [3.63, 3.8) is 0 Å². The molecule has 5 heteroatoms. The molecule has 1 fully saturated rings. The van der Waals surface area contributed by atoms with Gasteiger partial charge in [0.2, 0.25) is 0 Å². The number of rotatable bonds is 2. The summed E-state index contributed by atoms with van der Waals surface area (Å²) in [6.45, 7) is 3.28. The van der Waals surface area contributed by atoms with Crippen molar-refractivity contribution in [1.82, 2.24) is 4.90 Å². The molecule has 1 aliphatic heterocycles. The van der Waals surface area contributed by atoms with Crippen LogP contribution in [0, 0.1) is 11.7 Å². The smallest absolute Gasteiger partial charge is 0.256 e. The van der Waals surface area contributed by atoms with Crippen LogP contribution in [-0.4, -0.2) is 29.3 Å². The number of nitrogens with zero attached hydrogens (tertiary/aromatic N) is 1. The third-order valence-corrected chi connectivity index (χ3v) is 4.49. The lowest BCUT2D eigenvalue weighted by molar-refractivity contribution is 0.0685. The van der Waals surface area contributed by atoms with Crippen LogP contribution in [0.25, 0.3) is 0 Å². The molecule has 104 valence electrons. The van der Waals surface area contributed by atoms with E-state index in [0.29, 0.717) is 23.5 Å². The zero-order valence-corrected chi connectivity index (χ0v) is 13.0. The van der Waals surface area contributed by atoms with Crippen molar-refractivity contribution >= 4 is 33.4 Å². The molecule has 0 N–H and O–H groups in total. The number of halogens is 3. The van der Waals surface area contributed by atoms with Gasteiger partial charge in [-0.3, -0.25) is 4.79 Å². The van der Waals surface area contributed by atoms with Gasteiger partial charge in [-0.15, -0.1) is 11.6 Å². The largest absolute Gasteiger partial charge is 0.339 e. The van der Waals surface area contributed by atoms with E-state index < -0.39 is 5.82 Å². The van der Waals surface area contributed by atoms with E-state index in [4.69, 9.17) is 11.6 Å². The number of hydrogen-bond donors (Lipinski definition) is 0. The predicted molar refractivity (Wildman–Crippen MR) is 78.0 cm³/mol. The molecule has 1 amide bonds. The van der Waals surface area contributed by atoms with Crippen molar-refractivity contribution in [1.29, 1.82) is 0 Å². The highest BCUT2D eigenvalue weighted by Crippen LogP contribution is 2.25. The summed E-state index contributed by atoms with van der Waals surface area (Å²) in [6, 6.07) is 4.53. The van der Waals surface area contributed by atoms with Gasteiger partial charge in [0.05, 0.1) is 5.56 Å². The zero-order valence-electron chi connectivity index (χ0n) is 10.7. The average Bonchev–Trinajstić information content (AvgIpc) is 2.38. The lowest BCUT2D eigenvalue weighted by Gasteiger charge is -2.33. The Morgan fingerprint density at radius 3 is 2.63 bits per heavy atom. The maximum absolute atomic E-state index is 13.8. The molecule has 0 radical (unpaired) electrons. The quantitative estimate of drug-likeness (QED) is 0.738. The van der Waals surface area contributed by atoms with Crippen molar-refractivity contribution in [2.75, 3.05) is 13.1 Å². The van der Waals surface area contributed by atoms with Crippen LogP contribution in [0.2, 0.25) is 0 Å². The molecule has 0 saturated carbocycles. The summed E-state index contributed by atoms with van der Waals surface area (Å²) in [5, 5.41) is 0.127. The van der Waals surface area contributed by atoms with Gasteiger partial charge in [-0.25, -0.2) is 4.39 Å². The molecule has 1 aromatic rings. The first-order valence-electron chi connectivity index (χ1n) is 6.37. The minimum Gasteiger partial charge on any atom is -0.339 e. The highest BCUT2D eigenvalue weighted by Gasteiger charge is 2.27. The van der Waals surface area contributed by atoms with Gasteiger partial charge in [0, 0.05) is 22.9 Å². The monoisotopic (exact) mass is 347 g/mol. The Bertz CT molecular complexity index is 473. The van der Waals surface area contributed by atoms with E-state index in [1.807, 2.05) is 6.92 Å². The third kappa shape index (κ3) is 3.48. The van der Waals surface area contributed by atoms with Gasteiger partial charge in [0.25, 0.3) is 5.91 Å². The molecule has 2 rings (SSSR count). The van der Waals surface area contributed by atoms with Gasteiger partial charge in [0.15, 0.2) is 0 Å². The number of amides is 1. The minimum atomic E-state index is -0.479. The van der Waals surface area contributed by atoms with Gasteiger partial charge in [0.1, 0.15) is 5.82 Å². The molecule has 1 heterocycles. The topological polar surface area (TPSA) is 20.3 Å². The molecule has 0 aromatic heterocycles. The highest BCUT2D eigenvalue weighted by atomic mass is 79.9. The number of alkyl halides is 1. The van der Waals surface area contributed by atoms with Crippen molar-refractivity contribution in [3.8, 4) is 0 Å². The first kappa shape index (κ1) is 14.8. The number of piperidine rings is 1.